The minimum absolute atomic E-state index is 0.0510. The van der Waals surface area contributed by atoms with Gasteiger partial charge < -0.3 is 15.0 Å². The van der Waals surface area contributed by atoms with Crippen LogP contribution < -0.4 is 15.6 Å². The predicted molar refractivity (Wildman–Crippen MR) is 90.4 cm³/mol. The van der Waals surface area contributed by atoms with Crippen molar-refractivity contribution >= 4 is 17.5 Å². The standard InChI is InChI=1S/C17H18ClN3O3/c18-11-3-8-15(20-10-11)24-13-6-4-12(5-7-13)21-17(23)14-2-1-9-19-16(14)22/h1-3,8-10,12-13H,4-7H2,(H,19,22)(H,21,23). The number of halogens is 1. The van der Waals surface area contributed by atoms with Gasteiger partial charge in [-0.3, -0.25) is 9.59 Å². The van der Waals surface area contributed by atoms with E-state index in [4.69, 9.17) is 16.3 Å². The Morgan fingerprint density at radius 3 is 2.71 bits per heavy atom. The first kappa shape index (κ1) is 16.5. The average molecular weight is 348 g/mol. The highest BCUT2D eigenvalue weighted by atomic mass is 35.5. The molecule has 1 amide bonds. The number of amides is 1. The summed E-state index contributed by atoms with van der Waals surface area (Å²) < 4.78 is 5.83. The van der Waals surface area contributed by atoms with Gasteiger partial charge in [0.25, 0.3) is 11.5 Å². The smallest absolute Gasteiger partial charge is 0.260 e. The van der Waals surface area contributed by atoms with Crippen LogP contribution in [0.4, 0.5) is 0 Å². The quantitative estimate of drug-likeness (QED) is 0.890. The van der Waals surface area contributed by atoms with Gasteiger partial charge in [-0.1, -0.05) is 11.6 Å². The molecule has 7 heteroatoms. The zero-order valence-electron chi connectivity index (χ0n) is 13.0. The summed E-state index contributed by atoms with van der Waals surface area (Å²) in [6, 6.07) is 6.70. The summed E-state index contributed by atoms with van der Waals surface area (Å²) in [6.07, 6.45) is 6.38. The van der Waals surface area contributed by atoms with Crippen molar-refractivity contribution in [2.24, 2.45) is 0 Å². The Morgan fingerprint density at radius 1 is 1.25 bits per heavy atom. The number of nitrogens with zero attached hydrogens (tertiary/aromatic N) is 1. The highest BCUT2D eigenvalue weighted by Gasteiger charge is 2.24. The zero-order chi connectivity index (χ0) is 16.9. The number of H-pyrrole nitrogens is 1. The third kappa shape index (κ3) is 4.14. The van der Waals surface area contributed by atoms with Crippen molar-refractivity contribution in [3.05, 3.63) is 57.6 Å². The number of carbonyl (C=O) groups excluding carboxylic acids is 1. The summed E-state index contributed by atoms with van der Waals surface area (Å²) in [4.78, 5) is 30.4. The SMILES string of the molecule is O=C(NC1CCC(Oc2ccc(Cl)cn2)CC1)c1ccc[nH]c1=O. The van der Waals surface area contributed by atoms with Crippen molar-refractivity contribution in [1.82, 2.24) is 15.3 Å². The molecule has 1 saturated carbocycles. The fourth-order valence-electron chi connectivity index (χ4n) is 2.79. The van der Waals surface area contributed by atoms with E-state index in [-0.39, 0.29) is 29.2 Å². The molecule has 0 saturated heterocycles. The minimum Gasteiger partial charge on any atom is -0.474 e. The molecule has 2 heterocycles. The summed E-state index contributed by atoms with van der Waals surface area (Å²) in [6.45, 7) is 0. The molecule has 0 aliphatic heterocycles. The van der Waals surface area contributed by atoms with Gasteiger partial charge in [-0.15, -0.1) is 0 Å². The lowest BCUT2D eigenvalue weighted by Crippen LogP contribution is -2.41. The molecule has 126 valence electrons. The lowest BCUT2D eigenvalue weighted by Gasteiger charge is -2.29. The largest absolute Gasteiger partial charge is 0.474 e. The molecule has 2 aromatic rings. The van der Waals surface area contributed by atoms with Crippen LogP contribution in [0.2, 0.25) is 5.02 Å². The molecule has 24 heavy (non-hydrogen) atoms. The minimum atomic E-state index is -0.374. The molecule has 1 aliphatic carbocycles. The van der Waals surface area contributed by atoms with Gasteiger partial charge in [0.05, 0.1) is 5.02 Å². The van der Waals surface area contributed by atoms with Crippen molar-refractivity contribution in [2.75, 3.05) is 0 Å². The Kier molecular flexibility index (Phi) is 5.15. The maximum Gasteiger partial charge on any atom is 0.260 e. The molecule has 2 aromatic heterocycles. The van der Waals surface area contributed by atoms with Crippen LogP contribution in [-0.2, 0) is 0 Å². The monoisotopic (exact) mass is 347 g/mol. The number of aromatic nitrogens is 2. The van der Waals surface area contributed by atoms with Gasteiger partial charge in [-0.25, -0.2) is 4.98 Å². The Morgan fingerprint density at radius 2 is 2.04 bits per heavy atom. The molecule has 6 nitrogen and oxygen atoms in total. The van der Waals surface area contributed by atoms with Gasteiger partial charge in [0.15, 0.2) is 0 Å². The second-order valence-electron chi connectivity index (χ2n) is 5.79. The molecule has 3 rings (SSSR count). The van der Waals surface area contributed by atoms with Gasteiger partial charge in [0, 0.05) is 24.5 Å². The van der Waals surface area contributed by atoms with Gasteiger partial charge in [-0.05, 0) is 43.9 Å². The number of pyridine rings is 2. The highest BCUT2D eigenvalue weighted by molar-refractivity contribution is 6.30. The molecule has 2 N–H and O–H groups in total. The summed E-state index contributed by atoms with van der Waals surface area (Å²) in [5.41, 5.74) is -0.234. The summed E-state index contributed by atoms with van der Waals surface area (Å²) in [7, 11) is 0. The number of hydrogen-bond donors (Lipinski definition) is 2. The number of hydrogen-bond acceptors (Lipinski definition) is 4. The third-order valence-corrected chi connectivity index (χ3v) is 4.28. The van der Waals surface area contributed by atoms with E-state index < -0.39 is 0 Å². The van der Waals surface area contributed by atoms with E-state index in [1.807, 2.05) is 0 Å². The average Bonchev–Trinajstić information content (AvgIpc) is 2.59. The first-order valence-corrected chi connectivity index (χ1v) is 8.26. The molecular formula is C17H18ClN3O3. The number of nitrogens with one attached hydrogen (secondary N) is 2. The van der Waals surface area contributed by atoms with Crippen LogP contribution in [0.1, 0.15) is 36.0 Å². The molecular weight excluding hydrogens is 330 g/mol. The van der Waals surface area contributed by atoms with E-state index in [1.54, 1.807) is 24.4 Å². The zero-order valence-corrected chi connectivity index (χ0v) is 13.8. The van der Waals surface area contributed by atoms with E-state index >= 15 is 0 Å². The summed E-state index contributed by atoms with van der Waals surface area (Å²) in [5.74, 6) is 0.225. The lowest BCUT2D eigenvalue weighted by atomic mass is 9.92. The van der Waals surface area contributed by atoms with Gasteiger partial charge in [0.1, 0.15) is 11.7 Å². The Hall–Kier alpha value is -2.34. The van der Waals surface area contributed by atoms with Crippen molar-refractivity contribution in [3.8, 4) is 5.88 Å². The van der Waals surface area contributed by atoms with Crippen molar-refractivity contribution in [3.63, 3.8) is 0 Å². The Labute approximate surface area is 144 Å². The second kappa shape index (κ2) is 7.49. The van der Waals surface area contributed by atoms with Crippen LogP contribution in [0, 0.1) is 0 Å². The van der Waals surface area contributed by atoms with Crippen LogP contribution in [-0.4, -0.2) is 28.0 Å². The van der Waals surface area contributed by atoms with Crippen LogP contribution in [0.5, 0.6) is 5.88 Å². The number of carbonyl (C=O) groups is 1. The maximum absolute atomic E-state index is 12.2. The van der Waals surface area contributed by atoms with Crippen molar-refractivity contribution in [2.45, 2.75) is 37.8 Å². The number of rotatable bonds is 4. The molecule has 0 aromatic carbocycles. The summed E-state index contributed by atoms with van der Waals surface area (Å²) in [5, 5.41) is 3.49. The molecule has 0 unspecified atom stereocenters. The molecule has 1 fully saturated rings. The molecule has 1 aliphatic rings. The number of aromatic amines is 1. The van der Waals surface area contributed by atoms with Gasteiger partial charge >= 0.3 is 0 Å². The topological polar surface area (TPSA) is 84.1 Å². The van der Waals surface area contributed by atoms with Crippen LogP contribution in [0.15, 0.2) is 41.5 Å². The number of ether oxygens (including phenoxy) is 1. The van der Waals surface area contributed by atoms with Gasteiger partial charge in [0.2, 0.25) is 5.88 Å². The first-order valence-electron chi connectivity index (χ1n) is 7.88. The first-order chi connectivity index (χ1) is 11.6. The maximum atomic E-state index is 12.2. The Balaban J connectivity index is 1.50. The van der Waals surface area contributed by atoms with Crippen molar-refractivity contribution < 1.29 is 9.53 Å². The second-order valence-corrected chi connectivity index (χ2v) is 6.23. The van der Waals surface area contributed by atoms with Crippen LogP contribution in [0.25, 0.3) is 0 Å². The normalized spacial score (nSPS) is 20.4. The van der Waals surface area contributed by atoms with Crippen LogP contribution >= 0.6 is 11.6 Å². The fraction of sp³-hybridized carbons (Fsp3) is 0.353. The third-order valence-electron chi connectivity index (χ3n) is 4.06. The van der Waals surface area contributed by atoms with E-state index in [2.05, 4.69) is 15.3 Å². The van der Waals surface area contributed by atoms with E-state index in [0.717, 1.165) is 25.7 Å². The Bertz CT molecular complexity index is 752. The van der Waals surface area contributed by atoms with Crippen molar-refractivity contribution in [1.29, 1.82) is 0 Å². The molecule has 0 spiro atoms. The van der Waals surface area contributed by atoms with Crippen LogP contribution in [0.3, 0.4) is 0 Å². The fourth-order valence-corrected chi connectivity index (χ4v) is 2.90. The summed E-state index contributed by atoms with van der Waals surface area (Å²) >= 11 is 5.80. The molecule has 0 bridgehead atoms. The molecule has 0 radical (unpaired) electrons. The van der Waals surface area contributed by atoms with Gasteiger partial charge in [-0.2, -0.15) is 0 Å². The highest BCUT2D eigenvalue weighted by Crippen LogP contribution is 2.23. The van der Waals surface area contributed by atoms with E-state index in [0.29, 0.717) is 10.9 Å². The predicted octanol–water partition coefficient (Wildman–Crippen LogP) is 2.54. The van der Waals surface area contributed by atoms with E-state index in [1.165, 1.54) is 12.3 Å². The lowest BCUT2D eigenvalue weighted by molar-refractivity contribution is 0.0888. The van der Waals surface area contributed by atoms with E-state index in [9.17, 15) is 9.59 Å². The molecule has 0 atom stereocenters.